The first kappa shape index (κ1) is 14.6. The van der Waals surface area contributed by atoms with Crippen LogP contribution in [0.1, 0.15) is 5.56 Å². The van der Waals surface area contributed by atoms with Crippen LogP contribution in [0.25, 0.3) is 10.8 Å². The largest absolute Gasteiger partial charge is 0.503 e. The van der Waals surface area contributed by atoms with Gasteiger partial charge in [0.25, 0.3) is 5.56 Å². The standard InChI is InChI=1S/C15H9BrF2N2O2/c16-10-2-1-9-6-19-20(15(22)11(9)5-10)7-8-3-12(17)14(21)13(18)4-8/h1-6,21H,7H2. The molecular formula is C15H9BrF2N2O2. The molecule has 0 spiro atoms. The van der Waals surface area contributed by atoms with Gasteiger partial charge in [-0.3, -0.25) is 4.79 Å². The number of phenolic OH excluding ortho intramolecular Hbond substituents is 1. The number of aromatic hydroxyl groups is 1. The summed E-state index contributed by atoms with van der Waals surface area (Å²) in [6.07, 6.45) is 1.51. The van der Waals surface area contributed by atoms with Crippen LogP contribution in [0.5, 0.6) is 5.75 Å². The number of hydrogen-bond donors (Lipinski definition) is 1. The molecule has 1 N–H and O–H groups in total. The third-order valence-electron chi connectivity index (χ3n) is 3.23. The molecule has 22 heavy (non-hydrogen) atoms. The lowest BCUT2D eigenvalue weighted by Crippen LogP contribution is -2.23. The molecule has 0 saturated heterocycles. The van der Waals surface area contributed by atoms with Crippen molar-refractivity contribution in [2.24, 2.45) is 0 Å². The van der Waals surface area contributed by atoms with E-state index in [0.717, 1.165) is 21.3 Å². The maximum absolute atomic E-state index is 13.3. The molecular weight excluding hydrogens is 358 g/mol. The van der Waals surface area contributed by atoms with Crippen LogP contribution in [-0.4, -0.2) is 14.9 Å². The van der Waals surface area contributed by atoms with Gasteiger partial charge in [0.15, 0.2) is 17.4 Å². The maximum Gasteiger partial charge on any atom is 0.274 e. The lowest BCUT2D eigenvalue weighted by Gasteiger charge is -2.07. The average Bonchev–Trinajstić information content (AvgIpc) is 2.48. The molecule has 3 rings (SSSR count). The summed E-state index contributed by atoms with van der Waals surface area (Å²) in [4.78, 5) is 12.4. The van der Waals surface area contributed by atoms with E-state index < -0.39 is 17.4 Å². The van der Waals surface area contributed by atoms with Gasteiger partial charge in [-0.25, -0.2) is 13.5 Å². The highest BCUT2D eigenvalue weighted by Crippen LogP contribution is 2.22. The molecule has 0 aliphatic carbocycles. The van der Waals surface area contributed by atoms with Gasteiger partial charge in [-0.15, -0.1) is 0 Å². The summed E-state index contributed by atoms with van der Waals surface area (Å²) in [5, 5.41) is 14.2. The zero-order chi connectivity index (χ0) is 15.9. The highest BCUT2D eigenvalue weighted by atomic mass is 79.9. The van der Waals surface area contributed by atoms with Gasteiger partial charge in [0.05, 0.1) is 18.1 Å². The third kappa shape index (κ3) is 2.59. The topological polar surface area (TPSA) is 55.1 Å². The third-order valence-corrected chi connectivity index (χ3v) is 3.72. The van der Waals surface area contributed by atoms with E-state index in [1.807, 2.05) is 0 Å². The van der Waals surface area contributed by atoms with Gasteiger partial charge < -0.3 is 5.11 Å². The second-order valence-corrected chi connectivity index (χ2v) is 5.66. The Labute approximate surface area is 131 Å². The predicted octanol–water partition coefficient (Wildman–Crippen LogP) is 3.19. The zero-order valence-corrected chi connectivity index (χ0v) is 12.6. The molecule has 0 radical (unpaired) electrons. The molecule has 7 heteroatoms. The number of benzene rings is 2. The van der Waals surface area contributed by atoms with E-state index in [0.29, 0.717) is 10.8 Å². The average molecular weight is 367 g/mol. The molecule has 4 nitrogen and oxygen atoms in total. The lowest BCUT2D eigenvalue weighted by molar-refractivity contribution is 0.395. The van der Waals surface area contributed by atoms with E-state index in [1.165, 1.54) is 6.20 Å². The van der Waals surface area contributed by atoms with Crippen LogP contribution in [0.3, 0.4) is 0 Å². The maximum atomic E-state index is 13.3. The van der Waals surface area contributed by atoms with Crippen LogP contribution in [0, 0.1) is 11.6 Å². The minimum Gasteiger partial charge on any atom is -0.503 e. The highest BCUT2D eigenvalue weighted by Gasteiger charge is 2.11. The van der Waals surface area contributed by atoms with Crippen molar-refractivity contribution in [3.8, 4) is 5.75 Å². The van der Waals surface area contributed by atoms with Crippen molar-refractivity contribution in [2.45, 2.75) is 6.54 Å². The molecule has 0 atom stereocenters. The first-order chi connectivity index (χ1) is 10.5. The van der Waals surface area contributed by atoms with Crippen molar-refractivity contribution >= 4 is 26.7 Å². The number of hydrogen-bond acceptors (Lipinski definition) is 3. The fourth-order valence-electron chi connectivity index (χ4n) is 2.14. The molecule has 112 valence electrons. The molecule has 0 aliphatic heterocycles. The molecule has 3 aromatic rings. The summed E-state index contributed by atoms with van der Waals surface area (Å²) in [7, 11) is 0. The van der Waals surface area contributed by atoms with Gasteiger partial charge >= 0.3 is 0 Å². The van der Waals surface area contributed by atoms with Gasteiger partial charge in [0.1, 0.15) is 0 Å². The first-order valence-electron chi connectivity index (χ1n) is 6.28. The summed E-state index contributed by atoms with van der Waals surface area (Å²) in [6.45, 7) is -0.102. The second-order valence-electron chi connectivity index (χ2n) is 4.75. The Morgan fingerprint density at radius 3 is 2.55 bits per heavy atom. The fourth-order valence-corrected chi connectivity index (χ4v) is 2.51. The van der Waals surface area contributed by atoms with E-state index in [4.69, 9.17) is 5.11 Å². The van der Waals surface area contributed by atoms with E-state index in [1.54, 1.807) is 18.2 Å². The summed E-state index contributed by atoms with van der Waals surface area (Å²) >= 11 is 3.29. The van der Waals surface area contributed by atoms with Gasteiger partial charge in [-0.1, -0.05) is 22.0 Å². The quantitative estimate of drug-likeness (QED) is 0.757. The van der Waals surface area contributed by atoms with Crippen LogP contribution in [0.4, 0.5) is 8.78 Å². The summed E-state index contributed by atoms with van der Waals surface area (Å²) in [5.41, 5.74) is -0.176. The van der Waals surface area contributed by atoms with Crippen LogP contribution in [0.2, 0.25) is 0 Å². The summed E-state index contributed by atoms with van der Waals surface area (Å²) in [5.74, 6) is -3.19. The fraction of sp³-hybridized carbons (Fsp3) is 0.0667. The Hall–Kier alpha value is -2.28. The smallest absolute Gasteiger partial charge is 0.274 e. The van der Waals surface area contributed by atoms with E-state index in [9.17, 15) is 13.6 Å². The van der Waals surface area contributed by atoms with Crippen molar-refractivity contribution in [2.75, 3.05) is 0 Å². The molecule has 2 aromatic carbocycles. The second kappa shape index (κ2) is 5.49. The Morgan fingerprint density at radius 2 is 1.86 bits per heavy atom. The number of aromatic nitrogens is 2. The zero-order valence-electron chi connectivity index (χ0n) is 11.1. The minimum absolute atomic E-state index is 0.102. The number of fused-ring (bicyclic) bond motifs is 1. The van der Waals surface area contributed by atoms with E-state index in [2.05, 4.69) is 21.0 Å². The molecule has 0 bridgehead atoms. The van der Waals surface area contributed by atoms with E-state index in [-0.39, 0.29) is 17.7 Å². The van der Waals surface area contributed by atoms with Gasteiger partial charge in [0, 0.05) is 9.86 Å². The summed E-state index contributed by atoms with van der Waals surface area (Å²) < 4.78 is 28.5. The molecule has 1 aromatic heterocycles. The predicted molar refractivity (Wildman–Crippen MR) is 80.8 cm³/mol. The lowest BCUT2D eigenvalue weighted by atomic mass is 10.2. The van der Waals surface area contributed by atoms with Crippen molar-refractivity contribution in [1.82, 2.24) is 9.78 Å². The van der Waals surface area contributed by atoms with Gasteiger partial charge in [-0.2, -0.15) is 5.10 Å². The van der Waals surface area contributed by atoms with E-state index >= 15 is 0 Å². The Kier molecular flexibility index (Phi) is 3.66. The Morgan fingerprint density at radius 1 is 1.18 bits per heavy atom. The highest BCUT2D eigenvalue weighted by molar-refractivity contribution is 9.10. The molecule has 0 unspecified atom stereocenters. The van der Waals surface area contributed by atoms with Gasteiger partial charge in [0.2, 0.25) is 0 Å². The van der Waals surface area contributed by atoms with Gasteiger partial charge in [-0.05, 0) is 29.8 Å². The Bertz CT molecular complexity index is 917. The molecule has 1 heterocycles. The van der Waals surface area contributed by atoms with Crippen molar-refractivity contribution in [1.29, 1.82) is 0 Å². The van der Waals surface area contributed by atoms with Crippen molar-refractivity contribution in [3.63, 3.8) is 0 Å². The first-order valence-corrected chi connectivity index (χ1v) is 7.07. The number of nitrogens with zero attached hydrogens (tertiary/aromatic N) is 2. The number of halogens is 3. The van der Waals surface area contributed by atoms with Crippen molar-refractivity contribution < 1.29 is 13.9 Å². The summed E-state index contributed by atoms with van der Waals surface area (Å²) in [6, 6.07) is 7.14. The van der Waals surface area contributed by atoms with Crippen LogP contribution in [-0.2, 0) is 6.54 Å². The minimum atomic E-state index is -1.08. The van der Waals surface area contributed by atoms with Crippen LogP contribution >= 0.6 is 15.9 Å². The molecule has 0 aliphatic rings. The SMILES string of the molecule is O=c1c2cc(Br)ccc2cnn1Cc1cc(F)c(O)c(F)c1. The van der Waals surface area contributed by atoms with Crippen LogP contribution < -0.4 is 5.56 Å². The normalized spacial score (nSPS) is 11.0. The molecule has 0 amide bonds. The van der Waals surface area contributed by atoms with Crippen LogP contribution in [0.15, 0.2) is 45.8 Å². The number of rotatable bonds is 2. The number of phenols is 1. The van der Waals surface area contributed by atoms with Crippen molar-refractivity contribution in [3.05, 3.63) is 68.6 Å². The Balaban J connectivity index is 2.08. The molecule has 0 saturated carbocycles. The monoisotopic (exact) mass is 366 g/mol. The molecule has 0 fully saturated rings.